The van der Waals surface area contributed by atoms with E-state index in [0.29, 0.717) is 12.2 Å². The third kappa shape index (κ3) is 4.68. The number of unbranched alkanes of at least 4 members (excludes halogenated alkanes) is 5. The SMILES string of the molecule is CCCCCCCCc1cc(=O)c(O)c(-c2cc(O)c(O)c(O)c2)o1. The van der Waals surface area contributed by atoms with Crippen molar-refractivity contribution in [1.82, 2.24) is 0 Å². The van der Waals surface area contributed by atoms with Gasteiger partial charge in [-0.3, -0.25) is 4.79 Å². The number of aryl methyl sites for hydroxylation is 1. The number of benzene rings is 1. The van der Waals surface area contributed by atoms with Crippen molar-refractivity contribution in [3.63, 3.8) is 0 Å². The summed E-state index contributed by atoms with van der Waals surface area (Å²) < 4.78 is 5.60. The van der Waals surface area contributed by atoms with Gasteiger partial charge in [-0.2, -0.15) is 0 Å². The first-order valence-electron chi connectivity index (χ1n) is 8.55. The Morgan fingerprint density at radius 1 is 0.840 bits per heavy atom. The highest BCUT2D eigenvalue weighted by atomic mass is 16.4. The Hall–Kier alpha value is -2.63. The average Bonchev–Trinajstić information content (AvgIpc) is 2.58. The predicted octanol–water partition coefficient (Wildman–Crippen LogP) is 4.03. The monoisotopic (exact) mass is 348 g/mol. The zero-order valence-electron chi connectivity index (χ0n) is 14.3. The van der Waals surface area contributed by atoms with Crippen molar-refractivity contribution >= 4 is 0 Å². The summed E-state index contributed by atoms with van der Waals surface area (Å²) in [5.41, 5.74) is -0.485. The number of rotatable bonds is 8. The molecule has 0 aliphatic heterocycles. The molecule has 0 spiro atoms. The van der Waals surface area contributed by atoms with E-state index in [1.165, 1.54) is 25.3 Å². The van der Waals surface area contributed by atoms with Gasteiger partial charge in [0.15, 0.2) is 23.0 Å². The van der Waals surface area contributed by atoms with Crippen LogP contribution in [0.4, 0.5) is 0 Å². The van der Waals surface area contributed by atoms with Crippen molar-refractivity contribution in [1.29, 1.82) is 0 Å². The first-order valence-corrected chi connectivity index (χ1v) is 8.55. The molecule has 0 radical (unpaired) electrons. The summed E-state index contributed by atoms with van der Waals surface area (Å²) in [5, 5.41) is 38.6. The quantitative estimate of drug-likeness (QED) is 0.423. The maximum absolute atomic E-state index is 12.0. The Kier molecular flexibility index (Phi) is 6.33. The highest BCUT2D eigenvalue weighted by Gasteiger charge is 2.17. The molecule has 0 unspecified atom stereocenters. The molecule has 6 nitrogen and oxygen atoms in total. The molecular formula is C19H24O6. The first kappa shape index (κ1) is 18.7. The Morgan fingerprint density at radius 2 is 1.44 bits per heavy atom. The standard InChI is InChI=1S/C19H24O6/c1-2-3-4-5-6-7-8-13-11-16(22)18(24)19(25-13)12-9-14(20)17(23)15(21)10-12/h9-11,20-21,23-24H,2-8H2,1H3. The van der Waals surface area contributed by atoms with Crippen LogP contribution in [0.5, 0.6) is 23.0 Å². The van der Waals surface area contributed by atoms with Crippen molar-refractivity contribution in [2.24, 2.45) is 0 Å². The second-order valence-electron chi connectivity index (χ2n) is 6.14. The van der Waals surface area contributed by atoms with Crippen LogP contribution >= 0.6 is 0 Å². The Bertz CT molecular complexity index is 755. The molecule has 0 saturated heterocycles. The summed E-state index contributed by atoms with van der Waals surface area (Å²) in [7, 11) is 0. The fraction of sp³-hybridized carbons (Fsp3) is 0.421. The molecule has 2 rings (SSSR count). The van der Waals surface area contributed by atoms with Gasteiger partial charge in [-0.25, -0.2) is 0 Å². The van der Waals surface area contributed by atoms with E-state index in [1.807, 2.05) is 0 Å². The van der Waals surface area contributed by atoms with Gasteiger partial charge in [0.1, 0.15) is 5.76 Å². The molecule has 0 aliphatic rings. The fourth-order valence-corrected chi connectivity index (χ4v) is 2.67. The maximum atomic E-state index is 12.0. The maximum Gasteiger partial charge on any atom is 0.227 e. The summed E-state index contributed by atoms with van der Waals surface area (Å²) in [6.45, 7) is 2.16. The predicted molar refractivity (Wildman–Crippen MR) is 94.2 cm³/mol. The Morgan fingerprint density at radius 3 is 2.08 bits per heavy atom. The van der Waals surface area contributed by atoms with Crippen LogP contribution in [-0.4, -0.2) is 20.4 Å². The molecule has 25 heavy (non-hydrogen) atoms. The Labute approximate surface area is 146 Å². The molecule has 4 N–H and O–H groups in total. The number of aromatic hydroxyl groups is 4. The van der Waals surface area contributed by atoms with E-state index in [-0.39, 0.29) is 11.3 Å². The van der Waals surface area contributed by atoms with Gasteiger partial charge in [0, 0.05) is 18.1 Å². The third-order valence-electron chi connectivity index (χ3n) is 4.08. The van der Waals surface area contributed by atoms with Gasteiger partial charge in [-0.15, -0.1) is 0 Å². The van der Waals surface area contributed by atoms with Crippen LogP contribution in [0.2, 0.25) is 0 Å². The number of phenols is 3. The second-order valence-corrected chi connectivity index (χ2v) is 6.14. The molecular weight excluding hydrogens is 324 g/mol. The van der Waals surface area contributed by atoms with Gasteiger partial charge in [0.25, 0.3) is 0 Å². The molecule has 0 bridgehead atoms. The zero-order valence-corrected chi connectivity index (χ0v) is 14.3. The van der Waals surface area contributed by atoms with Crippen LogP contribution in [0.15, 0.2) is 27.4 Å². The van der Waals surface area contributed by atoms with Gasteiger partial charge in [0.2, 0.25) is 11.2 Å². The van der Waals surface area contributed by atoms with Gasteiger partial charge in [-0.1, -0.05) is 39.0 Å². The third-order valence-corrected chi connectivity index (χ3v) is 4.08. The van der Waals surface area contributed by atoms with Crippen molar-refractivity contribution < 1.29 is 24.8 Å². The number of hydrogen-bond donors (Lipinski definition) is 4. The van der Waals surface area contributed by atoms with Crippen LogP contribution < -0.4 is 5.43 Å². The first-order chi connectivity index (χ1) is 11.9. The smallest absolute Gasteiger partial charge is 0.227 e. The lowest BCUT2D eigenvalue weighted by atomic mass is 10.1. The summed E-state index contributed by atoms with van der Waals surface area (Å²) in [6.07, 6.45) is 7.17. The molecule has 0 aliphatic carbocycles. The summed E-state index contributed by atoms with van der Waals surface area (Å²) in [6, 6.07) is 3.48. The van der Waals surface area contributed by atoms with Gasteiger partial charge >= 0.3 is 0 Å². The summed E-state index contributed by atoms with van der Waals surface area (Å²) >= 11 is 0. The molecule has 0 atom stereocenters. The van der Waals surface area contributed by atoms with Gasteiger partial charge < -0.3 is 24.8 Å². The lowest BCUT2D eigenvalue weighted by molar-refractivity contribution is 0.367. The minimum atomic E-state index is -0.672. The van der Waals surface area contributed by atoms with E-state index in [2.05, 4.69) is 6.92 Å². The molecule has 1 aromatic heterocycles. The van der Waals surface area contributed by atoms with Crippen molar-refractivity contribution in [2.45, 2.75) is 51.9 Å². The van der Waals surface area contributed by atoms with E-state index in [1.54, 1.807) is 0 Å². The molecule has 6 heteroatoms. The van der Waals surface area contributed by atoms with Crippen molar-refractivity contribution in [3.8, 4) is 34.3 Å². The topological polar surface area (TPSA) is 111 Å². The lowest BCUT2D eigenvalue weighted by Gasteiger charge is -2.09. The zero-order chi connectivity index (χ0) is 18.4. The van der Waals surface area contributed by atoms with Crippen LogP contribution in [0.3, 0.4) is 0 Å². The minimum absolute atomic E-state index is 0.104. The van der Waals surface area contributed by atoms with Crippen LogP contribution in [-0.2, 0) is 6.42 Å². The number of phenolic OH excluding ortho intramolecular Hbond substituents is 3. The molecule has 136 valence electrons. The van der Waals surface area contributed by atoms with E-state index < -0.39 is 28.4 Å². The van der Waals surface area contributed by atoms with Crippen LogP contribution in [0.25, 0.3) is 11.3 Å². The van der Waals surface area contributed by atoms with E-state index >= 15 is 0 Å². The van der Waals surface area contributed by atoms with Crippen molar-refractivity contribution in [3.05, 3.63) is 34.2 Å². The fourth-order valence-electron chi connectivity index (χ4n) is 2.67. The Balaban J connectivity index is 2.19. The van der Waals surface area contributed by atoms with E-state index in [9.17, 15) is 25.2 Å². The second kappa shape index (κ2) is 8.46. The summed E-state index contributed by atoms with van der Waals surface area (Å²) in [4.78, 5) is 12.0. The highest BCUT2D eigenvalue weighted by Crippen LogP contribution is 2.40. The molecule has 2 aromatic rings. The summed E-state index contributed by atoms with van der Waals surface area (Å²) in [5.74, 6) is -2.12. The highest BCUT2D eigenvalue weighted by molar-refractivity contribution is 5.70. The molecule has 1 aromatic carbocycles. The van der Waals surface area contributed by atoms with Gasteiger partial charge in [-0.05, 0) is 18.6 Å². The van der Waals surface area contributed by atoms with Crippen LogP contribution in [0, 0.1) is 0 Å². The van der Waals surface area contributed by atoms with Gasteiger partial charge in [0.05, 0.1) is 0 Å². The van der Waals surface area contributed by atoms with Crippen LogP contribution in [0.1, 0.15) is 51.2 Å². The van der Waals surface area contributed by atoms with E-state index in [4.69, 9.17) is 4.42 Å². The molecule has 0 saturated carbocycles. The average molecular weight is 348 g/mol. The van der Waals surface area contributed by atoms with E-state index in [0.717, 1.165) is 31.4 Å². The molecule has 0 fully saturated rings. The number of hydrogen-bond acceptors (Lipinski definition) is 6. The lowest BCUT2D eigenvalue weighted by Crippen LogP contribution is -2.03. The molecule has 1 heterocycles. The largest absolute Gasteiger partial charge is 0.504 e. The minimum Gasteiger partial charge on any atom is -0.504 e. The molecule has 0 amide bonds. The van der Waals surface area contributed by atoms with Crippen molar-refractivity contribution in [2.75, 3.05) is 0 Å². The normalized spacial score (nSPS) is 10.9.